The number of halogens is 1. The van der Waals surface area contributed by atoms with E-state index in [1.165, 1.54) is 12.1 Å². The third-order valence-corrected chi connectivity index (χ3v) is 5.95. The number of benzene rings is 2. The van der Waals surface area contributed by atoms with E-state index in [0.717, 1.165) is 49.2 Å². The first kappa shape index (κ1) is 21.5. The van der Waals surface area contributed by atoms with Crippen LogP contribution in [0, 0.1) is 5.82 Å². The molecule has 2 heterocycles. The van der Waals surface area contributed by atoms with Gasteiger partial charge in [0.15, 0.2) is 11.4 Å². The minimum absolute atomic E-state index is 0.0272. The number of nitrogens with zero attached hydrogens (tertiary/aromatic N) is 2. The average molecular weight is 426 g/mol. The molecule has 1 unspecified atom stereocenters. The molecular weight excluding hydrogens is 399 g/mol. The summed E-state index contributed by atoms with van der Waals surface area (Å²) in [4.78, 5) is 13.7. The van der Waals surface area contributed by atoms with Gasteiger partial charge in [-0.25, -0.2) is 4.39 Å². The summed E-state index contributed by atoms with van der Waals surface area (Å²) >= 11 is 0. The molecule has 1 aliphatic rings. The van der Waals surface area contributed by atoms with E-state index in [9.17, 15) is 9.18 Å². The molecule has 1 aliphatic heterocycles. The smallest absolute Gasteiger partial charge is 0.170 e. The number of Topliss-reactive ketones (excluding diaryl/α,β-unsaturated/α-hetero) is 1. The van der Waals surface area contributed by atoms with Gasteiger partial charge in [0.05, 0.1) is 12.3 Å². The van der Waals surface area contributed by atoms with Crippen molar-refractivity contribution in [2.75, 3.05) is 26.8 Å². The second kappa shape index (κ2) is 9.58. The number of ketones is 1. The van der Waals surface area contributed by atoms with Crippen LogP contribution < -0.4 is 4.74 Å². The molecule has 1 fully saturated rings. The molecular formula is C24H27FN2O4. The molecule has 1 aromatic heterocycles. The molecule has 7 heteroatoms. The number of likely N-dealkylation sites (tertiary alicyclic amines) is 1. The standard InChI is InChI=1S/C24H27FN2O4/c1-16(28)17-3-6-20(7-4-17)30-14-11-23(29-2)27-12-9-18(10-13-27)24-21-8-5-19(25)15-22(21)31-26-24/h3-8,15,18,23H,9-14H2,1-2H3. The third kappa shape index (κ3) is 4.94. The van der Waals surface area contributed by atoms with E-state index in [1.54, 1.807) is 32.2 Å². The fraction of sp³-hybridized carbons (Fsp3) is 0.417. The van der Waals surface area contributed by atoms with Crippen molar-refractivity contribution in [1.29, 1.82) is 0 Å². The van der Waals surface area contributed by atoms with Crippen LogP contribution in [-0.2, 0) is 4.74 Å². The molecule has 1 atom stereocenters. The molecule has 0 saturated carbocycles. The molecule has 164 valence electrons. The molecule has 0 bridgehead atoms. The summed E-state index contributed by atoms with van der Waals surface area (Å²) in [6, 6.07) is 11.8. The lowest BCUT2D eigenvalue weighted by Gasteiger charge is -2.36. The predicted octanol–water partition coefficient (Wildman–Crippen LogP) is 4.79. The first-order valence-corrected chi connectivity index (χ1v) is 10.6. The van der Waals surface area contributed by atoms with Crippen molar-refractivity contribution in [3.8, 4) is 5.75 Å². The highest BCUT2D eigenvalue weighted by Gasteiger charge is 2.28. The Morgan fingerprint density at radius 1 is 1.23 bits per heavy atom. The molecule has 0 spiro atoms. The molecule has 4 rings (SSSR count). The van der Waals surface area contributed by atoms with Crippen LogP contribution in [0.4, 0.5) is 4.39 Å². The molecule has 0 amide bonds. The second-order valence-electron chi connectivity index (χ2n) is 7.93. The SMILES string of the molecule is COC(CCOc1ccc(C(C)=O)cc1)N1CCC(c2noc3cc(F)ccc23)CC1. The first-order valence-electron chi connectivity index (χ1n) is 10.6. The van der Waals surface area contributed by atoms with Gasteiger partial charge in [0.2, 0.25) is 0 Å². The highest BCUT2D eigenvalue weighted by molar-refractivity contribution is 5.94. The third-order valence-electron chi connectivity index (χ3n) is 5.95. The lowest BCUT2D eigenvalue weighted by molar-refractivity contribution is -0.0541. The Morgan fingerprint density at radius 2 is 1.97 bits per heavy atom. The van der Waals surface area contributed by atoms with E-state index >= 15 is 0 Å². The normalized spacial score (nSPS) is 16.5. The minimum Gasteiger partial charge on any atom is -0.493 e. The van der Waals surface area contributed by atoms with E-state index in [2.05, 4.69) is 10.1 Å². The Bertz CT molecular complexity index is 1030. The van der Waals surface area contributed by atoms with E-state index in [1.807, 2.05) is 12.1 Å². The van der Waals surface area contributed by atoms with Crippen molar-refractivity contribution < 1.29 is 23.2 Å². The number of aromatic nitrogens is 1. The van der Waals surface area contributed by atoms with Crippen LogP contribution in [0.3, 0.4) is 0 Å². The van der Waals surface area contributed by atoms with Crippen molar-refractivity contribution in [2.24, 2.45) is 0 Å². The summed E-state index contributed by atoms with van der Waals surface area (Å²) < 4.78 is 30.3. The Balaban J connectivity index is 1.29. The molecule has 31 heavy (non-hydrogen) atoms. The van der Waals surface area contributed by atoms with Crippen LogP contribution in [0.2, 0.25) is 0 Å². The van der Waals surface area contributed by atoms with Gasteiger partial charge in [-0.05, 0) is 56.2 Å². The zero-order valence-corrected chi connectivity index (χ0v) is 17.8. The Hall–Kier alpha value is -2.77. The quantitative estimate of drug-likeness (QED) is 0.483. The van der Waals surface area contributed by atoms with Crippen LogP contribution >= 0.6 is 0 Å². The maximum atomic E-state index is 13.4. The van der Waals surface area contributed by atoms with Crippen LogP contribution in [0.15, 0.2) is 47.0 Å². The van der Waals surface area contributed by atoms with Gasteiger partial charge in [0.1, 0.15) is 17.8 Å². The number of hydrogen-bond donors (Lipinski definition) is 0. The number of carbonyl (C=O) groups is 1. The number of ether oxygens (including phenoxy) is 2. The summed E-state index contributed by atoms with van der Waals surface area (Å²) in [7, 11) is 1.72. The van der Waals surface area contributed by atoms with E-state index in [4.69, 9.17) is 14.0 Å². The van der Waals surface area contributed by atoms with Gasteiger partial charge in [-0.1, -0.05) is 5.16 Å². The van der Waals surface area contributed by atoms with Gasteiger partial charge < -0.3 is 14.0 Å². The van der Waals surface area contributed by atoms with Crippen LogP contribution in [0.1, 0.15) is 48.2 Å². The minimum atomic E-state index is -0.315. The summed E-state index contributed by atoms with van der Waals surface area (Å²) in [5.41, 5.74) is 2.09. The van der Waals surface area contributed by atoms with Gasteiger partial charge in [0.25, 0.3) is 0 Å². The monoisotopic (exact) mass is 426 g/mol. The molecule has 6 nitrogen and oxygen atoms in total. The van der Waals surface area contributed by atoms with E-state index in [-0.39, 0.29) is 23.7 Å². The molecule has 0 radical (unpaired) electrons. The predicted molar refractivity (Wildman–Crippen MR) is 115 cm³/mol. The van der Waals surface area contributed by atoms with E-state index in [0.29, 0.717) is 17.8 Å². The lowest BCUT2D eigenvalue weighted by Crippen LogP contribution is -2.42. The van der Waals surface area contributed by atoms with E-state index < -0.39 is 0 Å². The summed E-state index contributed by atoms with van der Waals surface area (Å²) in [6.45, 7) is 3.84. The van der Waals surface area contributed by atoms with Crippen LogP contribution in [0.5, 0.6) is 5.75 Å². The van der Waals surface area contributed by atoms with Crippen LogP contribution in [0.25, 0.3) is 11.0 Å². The van der Waals surface area contributed by atoms with Gasteiger partial charge >= 0.3 is 0 Å². The van der Waals surface area contributed by atoms with Crippen molar-refractivity contribution in [2.45, 2.75) is 38.3 Å². The van der Waals surface area contributed by atoms with Gasteiger partial charge in [-0.3, -0.25) is 9.69 Å². The maximum absolute atomic E-state index is 13.4. The molecule has 0 N–H and O–H groups in total. The number of carbonyl (C=O) groups excluding carboxylic acids is 1. The zero-order valence-electron chi connectivity index (χ0n) is 17.8. The average Bonchev–Trinajstić information content (AvgIpc) is 3.20. The van der Waals surface area contributed by atoms with Crippen molar-refractivity contribution in [3.63, 3.8) is 0 Å². The van der Waals surface area contributed by atoms with Crippen molar-refractivity contribution >= 4 is 16.8 Å². The number of rotatable bonds is 8. The second-order valence-corrected chi connectivity index (χ2v) is 7.93. The summed E-state index contributed by atoms with van der Waals surface area (Å²) in [5.74, 6) is 0.759. The summed E-state index contributed by atoms with van der Waals surface area (Å²) in [6.07, 6.45) is 2.58. The molecule has 3 aromatic rings. The molecule has 0 aliphatic carbocycles. The number of fused-ring (bicyclic) bond motifs is 1. The fourth-order valence-corrected chi connectivity index (χ4v) is 4.20. The van der Waals surface area contributed by atoms with Crippen molar-refractivity contribution in [1.82, 2.24) is 10.1 Å². The number of piperidine rings is 1. The van der Waals surface area contributed by atoms with Gasteiger partial charge in [-0.2, -0.15) is 0 Å². The number of hydrogen-bond acceptors (Lipinski definition) is 6. The topological polar surface area (TPSA) is 64.8 Å². The molecule has 1 saturated heterocycles. The van der Waals surface area contributed by atoms with Gasteiger partial charge in [0, 0.05) is 49.6 Å². The Labute approximate surface area is 180 Å². The fourth-order valence-electron chi connectivity index (χ4n) is 4.20. The Kier molecular flexibility index (Phi) is 6.63. The zero-order chi connectivity index (χ0) is 21.8. The largest absolute Gasteiger partial charge is 0.493 e. The Morgan fingerprint density at radius 3 is 2.65 bits per heavy atom. The maximum Gasteiger partial charge on any atom is 0.170 e. The van der Waals surface area contributed by atoms with Crippen LogP contribution in [-0.4, -0.2) is 48.9 Å². The van der Waals surface area contributed by atoms with Gasteiger partial charge in [-0.15, -0.1) is 0 Å². The first-order chi connectivity index (χ1) is 15.0. The number of methoxy groups -OCH3 is 1. The highest BCUT2D eigenvalue weighted by Crippen LogP contribution is 2.33. The molecule has 2 aromatic carbocycles. The highest BCUT2D eigenvalue weighted by atomic mass is 19.1. The lowest BCUT2D eigenvalue weighted by atomic mass is 9.91. The summed E-state index contributed by atoms with van der Waals surface area (Å²) in [5, 5.41) is 5.11. The van der Waals surface area contributed by atoms with Crippen molar-refractivity contribution in [3.05, 3.63) is 59.5 Å².